The number of hydrogen-bond acceptors (Lipinski definition) is 4. The number of amides is 1. The van der Waals surface area contributed by atoms with Crippen molar-refractivity contribution < 1.29 is 9.53 Å². The summed E-state index contributed by atoms with van der Waals surface area (Å²) in [5.41, 5.74) is 0.396. The van der Waals surface area contributed by atoms with Gasteiger partial charge in [0.1, 0.15) is 0 Å². The molecule has 1 saturated heterocycles. The van der Waals surface area contributed by atoms with E-state index in [4.69, 9.17) is 4.74 Å². The lowest BCUT2D eigenvalue weighted by atomic mass is 9.86. The normalized spacial score (nSPS) is 25.2. The number of nitrogens with zero attached hydrogens (tertiary/aromatic N) is 3. The van der Waals surface area contributed by atoms with Gasteiger partial charge in [0.2, 0.25) is 5.88 Å². The number of rotatable bonds is 2. The average molecular weight is 259 g/mol. The van der Waals surface area contributed by atoms with Crippen LogP contribution in [0.3, 0.4) is 0 Å². The molecule has 1 aliphatic heterocycles. The Morgan fingerprint density at radius 3 is 2.42 bits per heavy atom. The molecule has 1 aromatic rings. The fraction of sp³-hybridized carbons (Fsp3) is 0.500. The number of allylic oxidation sites excluding steroid dienone is 2. The molecule has 0 saturated carbocycles. The van der Waals surface area contributed by atoms with E-state index in [1.54, 1.807) is 12.1 Å². The van der Waals surface area contributed by atoms with Crippen molar-refractivity contribution in [1.29, 1.82) is 0 Å². The highest BCUT2D eigenvalue weighted by molar-refractivity contribution is 5.92. The van der Waals surface area contributed by atoms with Gasteiger partial charge in [-0.3, -0.25) is 4.79 Å². The van der Waals surface area contributed by atoms with Crippen molar-refractivity contribution in [3.8, 4) is 5.88 Å². The molecule has 0 spiro atoms. The van der Waals surface area contributed by atoms with Crippen molar-refractivity contribution in [3.63, 3.8) is 0 Å². The summed E-state index contributed by atoms with van der Waals surface area (Å²) in [6, 6.07) is 3.35. The maximum absolute atomic E-state index is 12.4. The van der Waals surface area contributed by atoms with Crippen molar-refractivity contribution in [3.05, 3.63) is 30.0 Å². The average Bonchev–Trinajstić information content (AvgIpc) is 2.90. The van der Waals surface area contributed by atoms with Crippen LogP contribution in [0.4, 0.5) is 0 Å². The standard InChI is InChI=1S/C14H17N3O2/c1-19-13-7-6-12(15-16-13)14(18)17-8-10-4-2-3-5-11(10)9-17/h2-3,6-7,10-11H,4-5,8-9H2,1H3/t10-,11+. The van der Waals surface area contributed by atoms with Crippen LogP contribution in [0.5, 0.6) is 5.88 Å². The molecular weight excluding hydrogens is 242 g/mol. The molecule has 5 nitrogen and oxygen atoms in total. The van der Waals surface area contributed by atoms with Crippen LogP contribution in [0.2, 0.25) is 0 Å². The Morgan fingerprint density at radius 1 is 1.21 bits per heavy atom. The number of likely N-dealkylation sites (tertiary alicyclic amines) is 1. The maximum atomic E-state index is 12.4. The Balaban J connectivity index is 1.70. The highest BCUT2D eigenvalue weighted by Crippen LogP contribution is 2.33. The summed E-state index contributed by atoms with van der Waals surface area (Å²) in [5.74, 6) is 1.63. The number of ether oxygens (including phenoxy) is 1. The van der Waals surface area contributed by atoms with E-state index in [9.17, 15) is 4.79 Å². The van der Waals surface area contributed by atoms with Gasteiger partial charge in [-0.15, -0.1) is 10.2 Å². The van der Waals surface area contributed by atoms with E-state index in [-0.39, 0.29) is 5.91 Å². The van der Waals surface area contributed by atoms with Crippen LogP contribution in [-0.4, -0.2) is 41.2 Å². The minimum atomic E-state index is -0.0236. The molecule has 0 unspecified atom stereocenters. The van der Waals surface area contributed by atoms with Crippen molar-refractivity contribution in [2.75, 3.05) is 20.2 Å². The molecule has 1 aliphatic carbocycles. The fourth-order valence-corrected chi connectivity index (χ4v) is 2.89. The van der Waals surface area contributed by atoms with Gasteiger partial charge < -0.3 is 9.64 Å². The predicted octanol–water partition coefficient (Wildman–Crippen LogP) is 1.52. The lowest BCUT2D eigenvalue weighted by Crippen LogP contribution is -2.29. The molecule has 0 bridgehead atoms. The zero-order valence-electron chi connectivity index (χ0n) is 11.0. The minimum Gasteiger partial charge on any atom is -0.480 e. The molecule has 1 aromatic heterocycles. The number of aromatic nitrogens is 2. The Labute approximate surface area is 112 Å². The van der Waals surface area contributed by atoms with Crippen LogP contribution in [0.25, 0.3) is 0 Å². The molecule has 1 fully saturated rings. The van der Waals surface area contributed by atoms with E-state index in [0.29, 0.717) is 23.4 Å². The summed E-state index contributed by atoms with van der Waals surface area (Å²) >= 11 is 0. The third kappa shape index (κ3) is 2.32. The van der Waals surface area contributed by atoms with E-state index in [1.165, 1.54) is 7.11 Å². The van der Waals surface area contributed by atoms with E-state index in [2.05, 4.69) is 22.3 Å². The molecule has 0 aromatic carbocycles. The maximum Gasteiger partial charge on any atom is 0.274 e. The zero-order valence-corrected chi connectivity index (χ0v) is 11.0. The van der Waals surface area contributed by atoms with Crippen molar-refractivity contribution in [2.24, 2.45) is 11.8 Å². The number of carbonyl (C=O) groups is 1. The SMILES string of the molecule is COc1ccc(C(=O)N2C[C@H]3CC=CC[C@H]3C2)nn1. The zero-order chi connectivity index (χ0) is 13.2. The first-order chi connectivity index (χ1) is 9.28. The van der Waals surface area contributed by atoms with Crippen molar-refractivity contribution in [1.82, 2.24) is 15.1 Å². The van der Waals surface area contributed by atoms with Crippen LogP contribution in [0, 0.1) is 11.8 Å². The summed E-state index contributed by atoms with van der Waals surface area (Å²) in [5, 5.41) is 7.78. The molecule has 100 valence electrons. The quantitative estimate of drug-likeness (QED) is 0.756. The molecule has 1 amide bonds. The molecule has 0 N–H and O–H groups in total. The first kappa shape index (κ1) is 12.1. The topological polar surface area (TPSA) is 55.3 Å². The van der Waals surface area contributed by atoms with Gasteiger partial charge in [-0.2, -0.15) is 0 Å². The van der Waals surface area contributed by atoms with Crippen LogP contribution in [0.15, 0.2) is 24.3 Å². The van der Waals surface area contributed by atoms with Gasteiger partial charge in [0, 0.05) is 19.2 Å². The third-order valence-corrected chi connectivity index (χ3v) is 3.98. The number of hydrogen-bond donors (Lipinski definition) is 0. The van der Waals surface area contributed by atoms with Gasteiger partial charge in [0.25, 0.3) is 5.91 Å². The highest BCUT2D eigenvalue weighted by Gasteiger charge is 2.35. The second-order valence-corrected chi connectivity index (χ2v) is 5.13. The molecule has 2 atom stereocenters. The predicted molar refractivity (Wildman–Crippen MR) is 69.8 cm³/mol. The Hall–Kier alpha value is -1.91. The van der Waals surface area contributed by atoms with Crippen LogP contribution >= 0.6 is 0 Å². The summed E-state index contributed by atoms with van der Waals surface area (Å²) < 4.78 is 4.94. The Kier molecular flexibility index (Phi) is 3.19. The minimum absolute atomic E-state index is 0.0236. The second-order valence-electron chi connectivity index (χ2n) is 5.13. The van der Waals surface area contributed by atoms with Crippen molar-refractivity contribution in [2.45, 2.75) is 12.8 Å². The first-order valence-electron chi connectivity index (χ1n) is 6.60. The van der Waals surface area contributed by atoms with Gasteiger partial charge in [0.05, 0.1) is 7.11 Å². The van der Waals surface area contributed by atoms with Gasteiger partial charge in [-0.1, -0.05) is 12.2 Å². The smallest absolute Gasteiger partial charge is 0.274 e. The summed E-state index contributed by atoms with van der Waals surface area (Å²) in [4.78, 5) is 14.3. The summed E-state index contributed by atoms with van der Waals surface area (Å²) in [7, 11) is 1.53. The van der Waals surface area contributed by atoms with E-state index in [1.807, 2.05) is 4.90 Å². The number of carbonyl (C=O) groups excluding carboxylic acids is 1. The monoisotopic (exact) mass is 259 g/mol. The third-order valence-electron chi connectivity index (χ3n) is 3.98. The lowest BCUT2D eigenvalue weighted by Gasteiger charge is -2.17. The van der Waals surface area contributed by atoms with Gasteiger partial charge in [0.15, 0.2) is 5.69 Å². The molecule has 3 rings (SSSR count). The molecule has 2 heterocycles. The molecule has 0 radical (unpaired) electrons. The highest BCUT2D eigenvalue weighted by atomic mass is 16.5. The van der Waals surface area contributed by atoms with Crippen LogP contribution in [0.1, 0.15) is 23.3 Å². The Morgan fingerprint density at radius 2 is 1.89 bits per heavy atom. The van der Waals surface area contributed by atoms with E-state index < -0.39 is 0 Å². The summed E-state index contributed by atoms with van der Waals surface area (Å²) in [6.07, 6.45) is 6.62. The van der Waals surface area contributed by atoms with Gasteiger partial charge >= 0.3 is 0 Å². The fourth-order valence-electron chi connectivity index (χ4n) is 2.89. The van der Waals surface area contributed by atoms with Crippen LogP contribution < -0.4 is 4.74 Å². The molecule has 19 heavy (non-hydrogen) atoms. The molecule has 2 aliphatic rings. The van der Waals surface area contributed by atoms with Gasteiger partial charge in [-0.25, -0.2) is 0 Å². The van der Waals surface area contributed by atoms with Gasteiger partial charge in [-0.05, 0) is 30.7 Å². The number of methoxy groups -OCH3 is 1. The lowest BCUT2D eigenvalue weighted by molar-refractivity contribution is 0.0777. The number of fused-ring (bicyclic) bond motifs is 1. The largest absolute Gasteiger partial charge is 0.480 e. The van der Waals surface area contributed by atoms with Crippen molar-refractivity contribution >= 4 is 5.91 Å². The van der Waals surface area contributed by atoms with E-state index in [0.717, 1.165) is 25.9 Å². The Bertz CT molecular complexity index is 482. The molecular formula is C14H17N3O2. The second kappa shape index (κ2) is 4.99. The van der Waals surface area contributed by atoms with Crippen LogP contribution in [-0.2, 0) is 0 Å². The van der Waals surface area contributed by atoms with E-state index >= 15 is 0 Å². The summed E-state index contributed by atoms with van der Waals surface area (Å²) in [6.45, 7) is 1.67. The molecule has 5 heteroatoms. The first-order valence-corrected chi connectivity index (χ1v) is 6.60.